The summed E-state index contributed by atoms with van der Waals surface area (Å²) >= 11 is 3.34. The summed E-state index contributed by atoms with van der Waals surface area (Å²) in [7, 11) is 0. The Hall–Kier alpha value is -2.01. The molecular formula is C17H18BrNO3. The first kappa shape index (κ1) is 16.4. The summed E-state index contributed by atoms with van der Waals surface area (Å²) in [6.07, 6.45) is 0. The lowest BCUT2D eigenvalue weighted by Crippen LogP contribution is -2.28. The summed E-state index contributed by atoms with van der Waals surface area (Å²) in [4.78, 5) is 11.9. The van der Waals surface area contributed by atoms with E-state index in [1.165, 1.54) is 0 Å². The number of hydrogen-bond donors (Lipinski definition) is 1. The average Bonchev–Trinajstić information content (AvgIpc) is 2.54. The number of hydrogen-bond acceptors (Lipinski definition) is 3. The van der Waals surface area contributed by atoms with Crippen molar-refractivity contribution >= 4 is 21.8 Å². The topological polar surface area (TPSA) is 47.6 Å². The Kier molecular flexibility index (Phi) is 6.27. The molecule has 0 bridgehead atoms. The maximum absolute atomic E-state index is 11.9. The van der Waals surface area contributed by atoms with Crippen LogP contribution in [0, 0.1) is 0 Å². The van der Waals surface area contributed by atoms with E-state index in [1.807, 2.05) is 43.3 Å². The lowest BCUT2D eigenvalue weighted by Gasteiger charge is -2.09. The van der Waals surface area contributed by atoms with Crippen molar-refractivity contribution in [3.63, 3.8) is 0 Å². The third-order valence-corrected chi connectivity index (χ3v) is 3.43. The lowest BCUT2D eigenvalue weighted by molar-refractivity contribution is 0.0947. The minimum Gasteiger partial charge on any atom is -0.494 e. The van der Waals surface area contributed by atoms with Crippen LogP contribution in [0.15, 0.2) is 53.0 Å². The number of halogens is 1. The van der Waals surface area contributed by atoms with E-state index < -0.39 is 0 Å². The van der Waals surface area contributed by atoms with Gasteiger partial charge in [0.05, 0.1) is 13.2 Å². The van der Waals surface area contributed by atoms with E-state index in [-0.39, 0.29) is 5.91 Å². The molecule has 0 atom stereocenters. The van der Waals surface area contributed by atoms with Crippen LogP contribution in [-0.4, -0.2) is 25.7 Å². The van der Waals surface area contributed by atoms with E-state index in [4.69, 9.17) is 9.47 Å². The van der Waals surface area contributed by atoms with E-state index >= 15 is 0 Å². The highest BCUT2D eigenvalue weighted by Gasteiger charge is 2.04. The maximum Gasteiger partial charge on any atom is 0.251 e. The second-order valence-electron chi connectivity index (χ2n) is 4.52. The number of rotatable bonds is 7. The van der Waals surface area contributed by atoms with Gasteiger partial charge in [-0.3, -0.25) is 4.79 Å². The van der Waals surface area contributed by atoms with Gasteiger partial charge in [0, 0.05) is 10.0 Å². The first-order valence-corrected chi connectivity index (χ1v) is 7.88. The summed E-state index contributed by atoms with van der Waals surface area (Å²) < 4.78 is 11.9. The lowest BCUT2D eigenvalue weighted by atomic mass is 10.2. The molecule has 0 spiro atoms. The van der Waals surface area contributed by atoms with Gasteiger partial charge in [0.25, 0.3) is 5.91 Å². The second-order valence-corrected chi connectivity index (χ2v) is 5.43. The van der Waals surface area contributed by atoms with Gasteiger partial charge in [0.1, 0.15) is 18.1 Å². The molecule has 0 aliphatic heterocycles. The predicted octanol–water partition coefficient (Wildman–Crippen LogP) is 3.66. The standard InChI is InChI=1S/C17H18BrNO3/c1-2-21-15-7-9-16(10-8-15)22-12-11-19-17(20)13-3-5-14(18)6-4-13/h3-10H,2,11-12H2,1H3,(H,19,20). The highest BCUT2D eigenvalue weighted by molar-refractivity contribution is 9.10. The number of carbonyl (C=O) groups is 1. The van der Waals surface area contributed by atoms with Crippen molar-refractivity contribution in [3.05, 3.63) is 58.6 Å². The van der Waals surface area contributed by atoms with Crippen LogP contribution < -0.4 is 14.8 Å². The van der Waals surface area contributed by atoms with Gasteiger partial charge in [-0.2, -0.15) is 0 Å². The fraction of sp³-hybridized carbons (Fsp3) is 0.235. The summed E-state index contributed by atoms with van der Waals surface area (Å²) in [6.45, 7) is 3.44. The van der Waals surface area contributed by atoms with E-state index in [0.29, 0.717) is 25.3 Å². The van der Waals surface area contributed by atoms with Crippen molar-refractivity contribution < 1.29 is 14.3 Å². The molecule has 2 aromatic carbocycles. The van der Waals surface area contributed by atoms with Crippen LogP contribution in [0.3, 0.4) is 0 Å². The molecule has 1 amide bonds. The fourth-order valence-electron chi connectivity index (χ4n) is 1.84. The van der Waals surface area contributed by atoms with Crippen molar-refractivity contribution in [2.45, 2.75) is 6.92 Å². The SMILES string of the molecule is CCOc1ccc(OCCNC(=O)c2ccc(Br)cc2)cc1. The van der Waals surface area contributed by atoms with Crippen LogP contribution >= 0.6 is 15.9 Å². The molecule has 0 saturated carbocycles. The Morgan fingerprint density at radius 3 is 2.18 bits per heavy atom. The van der Waals surface area contributed by atoms with Crippen molar-refractivity contribution in [1.29, 1.82) is 0 Å². The van der Waals surface area contributed by atoms with Crippen LogP contribution in [0.25, 0.3) is 0 Å². The molecule has 1 N–H and O–H groups in total. The molecule has 0 radical (unpaired) electrons. The van der Waals surface area contributed by atoms with Crippen molar-refractivity contribution in [1.82, 2.24) is 5.32 Å². The number of benzene rings is 2. The Balaban J connectivity index is 1.72. The van der Waals surface area contributed by atoms with E-state index in [2.05, 4.69) is 21.2 Å². The van der Waals surface area contributed by atoms with E-state index in [0.717, 1.165) is 16.0 Å². The Morgan fingerprint density at radius 1 is 1.00 bits per heavy atom. The molecule has 4 nitrogen and oxygen atoms in total. The molecule has 5 heteroatoms. The normalized spacial score (nSPS) is 10.1. The molecule has 0 aliphatic carbocycles. The van der Waals surface area contributed by atoms with Crippen LogP contribution in [0.2, 0.25) is 0 Å². The summed E-state index contributed by atoms with van der Waals surface area (Å²) in [5.74, 6) is 1.46. The van der Waals surface area contributed by atoms with Crippen molar-refractivity contribution in [2.75, 3.05) is 19.8 Å². The first-order chi connectivity index (χ1) is 10.7. The van der Waals surface area contributed by atoms with Crippen LogP contribution in [0.5, 0.6) is 11.5 Å². The van der Waals surface area contributed by atoms with Gasteiger partial charge in [-0.15, -0.1) is 0 Å². The molecule has 116 valence electrons. The smallest absolute Gasteiger partial charge is 0.251 e. The van der Waals surface area contributed by atoms with Gasteiger partial charge in [-0.1, -0.05) is 15.9 Å². The highest BCUT2D eigenvalue weighted by atomic mass is 79.9. The van der Waals surface area contributed by atoms with E-state index in [1.54, 1.807) is 12.1 Å². The molecule has 0 fully saturated rings. The number of nitrogens with one attached hydrogen (secondary N) is 1. The molecular weight excluding hydrogens is 346 g/mol. The quantitative estimate of drug-likeness (QED) is 0.763. The fourth-order valence-corrected chi connectivity index (χ4v) is 2.10. The Morgan fingerprint density at radius 2 is 1.59 bits per heavy atom. The number of ether oxygens (including phenoxy) is 2. The Bertz CT molecular complexity index is 596. The average molecular weight is 364 g/mol. The predicted molar refractivity (Wildman–Crippen MR) is 89.6 cm³/mol. The minimum absolute atomic E-state index is 0.109. The third-order valence-electron chi connectivity index (χ3n) is 2.90. The number of amides is 1. The Labute approximate surface area is 138 Å². The second kappa shape index (κ2) is 8.44. The third kappa shape index (κ3) is 5.07. The molecule has 22 heavy (non-hydrogen) atoms. The van der Waals surface area contributed by atoms with Gasteiger partial charge < -0.3 is 14.8 Å². The molecule has 0 unspecified atom stereocenters. The zero-order chi connectivity index (χ0) is 15.8. The highest BCUT2D eigenvalue weighted by Crippen LogP contribution is 2.17. The molecule has 2 rings (SSSR count). The van der Waals surface area contributed by atoms with Gasteiger partial charge in [-0.25, -0.2) is 0 Å². The zero-order valence-corrected chi connectivity index (χ0v) is 13.9. The summed E-state index contributed by atoms with van der Waals surface area (Å²) in [5.41, 5.74) is 0.629. The monoisotopic (exact) mass is 363 g/mol. The van der Waals surface area contributed by atoms with Crippen molar-refractivity contribution in [2.24, 2.45) is 0 Å². The first-order valence-electron chi connectivity index (χ1n) is 7.08. The van der Waals surface area contributed by atoms with E-state index in [9.17, 15) is 4.79 Å². The minimum atomic E-state index is -0.109. The molecule has 0 heterocycles. The van der Waals surface area contributed by atoms with Crippen LogP contribution in [-0.2, 0) is 0 Å². The maximum atomic E-state index is 11.9. The molecule has 0 saturated heterocycles. The number of carbonyl (C=O) groups excluding carboxylic acids is 1. The molecule has 0 aliphatic rings. The largest absolute Gasteiger partial charge is 0.494 e. The zero-order valence-electron chi connectivity index (χ0n) is 12.3. The van der Waals surface area contributed by atoms with Gasteiger partial charge in [0.15, 0.2) is 0 Å². The molecule has 0 aromatic heterocycles. The van der Waals surface area contributed by atoms with Crippen LogP contribution in [0.1, 0.15) is 17.3 Å². The van der Waals surface area contributed by atoms with Crippen molar-refractivity contribution in [3.8, 4) is 11.5 Å². The summed E-state index contributed by atoms with van der Waals surface area (Å²) in [5, 5.41) is 2.82. The summed E-state index contributed by atoms with van der Waals surface area (Å²) in [6, 6.07) is 14.6. The van der Waals surface area contributed by atoms with Gasteiger partial charge in [0.2, 0.25) is 0 Å². The van der Waals surface area contributed by atoms with Crippen LogP contribution in [0.4, 0.5) is 0 Å². The van der Waals surface area contributed by atoms with Gasteiger partial charge >= 0.3 is 0 Å². The van der Waals surface area contributed by atoms with Gasteiger partial charge in [-0.05, 0) is 55.5 Å². The molecule has 2 aromatic rings.